The third-order valence-electron chi connectivity index (χ3n) is 2.50. The molecule has 0 saturated carbocycles. The van der Waals surface area contributed by atoms with E-state index in [4.69, 9.17) is 10.5 Å². The first-order chi connectivity index (χ1) is 8.08. The van der Waals surface area contributed by atoms with Crippen molar-refractivity contribution in [3.8, 4) is 0 Å². The molecule has 1 atom stereocenters. The Bertz CT molecular complexity index is 395. The summed E-state index contributed by atoms with van der Waals surface area (Å²) in [7, 11) is 2.98. The zero-order valence-electron chi connectivity index (χ0n) is 9.90. The normalized spacial score (nSPS) is 12.2. The zero-order chi connectivity index (χ0) is 12.8. The molecule has 0 spiro atoms. The van der Waals surface area contributed by atoms with Gasteiger partial charge in [0.25, 0.3) is 0 Å². The molecule has 0 saturated heterocycles. The first-order valence-electron chi connectivity index (χ1n) is 5.19. The van der Waals surface area contributed by atoms with Crippen LogP contribution in [0.4, 0.5) is 5.69 Å². The lowest BCUT2D eigenvalue weighted by Crippen LogP contribution is -2.13. The minimum atomic E-state index is -0.256. The Balaban J connectivity index is 2.88. The molecule has 0 heterocycles. The van der Waals surface area contributed by atoms with Crippen LogP contribution in [0.15, 0.2) is 22.7 Å². The van der Waals surface area contributed by atoms with Crippen LogP contribution in [0.2, 0.25) is 0 Å². The Morgan fingerprint density at radius 3 is 2.71 bits per heavy atom. The fraction of sp³-hybridized carbons (Fsp3) is 0.417. The van der Waals surface area contributed by atoms with Crippen molar-refractivity contribution >= 4 is 27.6 Å². The van der Waals surface area contributed by atoms with Crippen LogP contribution >= 0.6 is 15.9 Å². The monoisotopic (exact) mass is 301 g/mol. The summed E-state index contributed by atoms with van der Waals surface area (Å²) in [6.45, 7) is 0.455. The fourth-order valence-electron chi connectivity index (χ4n) is 1.57. The van der Waals surface area contributed by atoms with E-state index in [1.807, 2.05) is 18.2 Å². The van der Waals surface area contributed by atoms with E-state index in [2.05, 4.69) is 20.7 Å². The van der Waals surface area contributed by atoms with Gasteiger partial charge in [0.05, 0.1) is 20.1 Å². The van der Waals surface area contributed by atoms with Gasteiger partial charge < -0.3 is 15.2 Å². The lowest BCUT2D eigenvalue weighted by Gasteiger charge is -2.16. The van der Waals surface area contributed by atoms with Crippen molar-refractivity contribution in [1.29, 1.82) is 0 Å². The Kier molecular flexibility index (Phi) is 5.44. The third kappa shape index (κ3) is 4.02. The summed E-state index contributed by atoms with van der Waals surface area (Å²) in [5.41, 5.74) is 7.43. The summed E-state index contributed by atoms with van der Waals surface area (Å²) < 4.78 is 10.6. The molecule has 0 aliphatic heterocycles. The molecule has 0 aliphatic rings. The number of rotatable bonds is 5. The number of carbonyl (C=O) groups excluding carboxylic acids is 1. The number of hydrogen-bond donors (Lipinski definition) is 1. The summed E-state index contributed by atoms with van der Waals surface area (Å²) in [4.78, 5) is 11.3. The summed E-state index contributed by atoms with van der Waals surface area (Å²) >= 11 is 3.33. The lowest BCUT2D eigenvalue weighted by molar-refractivity contribution is -0.141. The Labute approximate surface area is 109 Å². The van der Waals surface area contributed by atoms with Gasteiger partial charge in [-0.15, -0.1) is 0 Å². The van der Waals surface area contributed by atoms with Crippen LogP contribution in [-0.2, 0) is 14.3 Å². The minimum Gasteiger partial charge on any atom is -0.469 e. The molecule has 0 fully saturated rings. The number of hydrogen-bond acceptors (Lipinski definition) is 4. The van der Waals surface area contributed by atoms with E-state index < -0.39 is 0 Å². The van der Waals surface area contributed by atoms with Gasteiger partial charge in [0.2, 0.25) is 0 Å². The van der Waals surface area contributed by atoms with Crippen LogP contribution in [0.5, 0.6) is 0 Å². The average molecular weight is 302 g/mol. The fourth-order valence-corrected chi connectivity index (χ4v) is 1.82. The largest absolute Gasteiger partial charge is 0.469 e. The van der Waals surface area contributed by atoms with Gasteiger partial charge in [-0.3, -0.25) is 4.79 Å². The standard InChI is InChI=1S/C12H16BrNO3/c1-16-7-9(6-12(15)17-2)8-3-4-10(13)11(14)5-8/h3-5,9H,6-7,14H2,1-2H3. The number of esters is 1. The van der Waals surface area contributed by atoms with Crippen molar-refractivity contribution in [1.82, 2.24) is 0 Å². The second kappa shape index (κ2) is 6.61. The van der Waals surface area contributed by atoms with Gasteiger partial charge in [-0.2, -0.15) is 0 Å². The molecule has 1 aromatic rings. The Morgan fingerprint density at radius 2 is 2.18 bits per heavy atom. The second-order valence-corrected chi connectivity index (χ2v) is 4.57. The molecule has 0 bridgehead atoms. The SMILES string of the molecule is COCC(CC(=O)OC)c1ccc(Br)c(N)c1. The average Bonchev–Trinajstić information content (AvgIpc) is 2.32. The molecule has 0 aromatic heterocycles. The minimum absolute atomic E-state index is 0.0390. The molecule has 17 heavy (non-hydrogen) atoms. The van der Waals surface area contributed by atoms with E-state index in [9.17, 15) is 4.79 Å². The molecule has 5 heteroatoms. The molecule has 1 rings (SSSR count). The molecule has 0 radical (unpaired) electrons. The molecule has 1 unspecified atom stereocenters. The number of benzene rings is 1. The number of carbonyl (C=O) groups is 1. The van der Waals surface area contributed by atoms with E-state index in [1.165, 1.54) is 7.11 Å². The van der Waals surface area contributed by atoms with Gasteiger partial charge in [0.1, 0.15) is 0 Å². The zero-order valence-corrected chi connectivity index (χ0v) is 11.5. The van der Waals surface area contributed by atoms with Gasteiger partial charge >= 0.3 is 5.97 Å². The molecule has 0 aliphatic carbocycles. The maximum atomic E-state index is 11.3. The molecule has 94 valence electrons. The first kappa shape index (κ1) is 14.0. The van der Waals surface area contributed by atoms with Crippen molar-refractivity contribution < 1.29 is 14.3 Å². The number of nitrogens with two attached hydrogens (primary N) is 1. The van der Waals surface area contributed by atoms with Crippen LogP contribution in [0, 0.1) is 0 Å². The highest BCUT2D eigenvalue weighted by atomic mass is 79.9. The van der Waals surface area contributed by atoms with Gasteiger partial charge in [0, 0.05) is 23.2 Å². The lowest BCUT2D eigenvalue weighted by atomic mass is 9.96. The smallest absolute Gasteiger partial charge is 0.306 e. The highest BCUT2D eigenvalue weighted by molar-refractivity contribution is 9.10. The van der Waals surface area contributed by atoms with Crippen molar-refractivity contribution in [3.05, 3.63) is 28.2 Å². The highest BCUT2D eigenvalue weighted by Crippen LogP contribution is 2.27. The molecule has 1 aromatic carbocycles. The predicted molar refractivity (Wildman–Crippen MR) is 69.8 cm³/mol. The Morgan fingerprint density at radius 1 is 1.47 bits per heavy atom. The van der Waals surface area contributed by atoms with Crippen LogP contribution < -0.4 is 5.73 Å². The molecule has 4 nitrogen and oxygen atoms in total. The van der Waals surface area contributed by atoms with Crippen molar-refractivity contribution in [2.24, 2.45) is 0 Å². The van der Waals surface area contributed by atoms with Gasteiger partial charge in [-0.05, 0) is 33.6 Å². The van der Waals surface area contributed by atoms with E-state index in [-0.39, 0.29) is 18.3 Å². The van der Waals surface area contributed by atoms with Gasteiger partial charge in [-0.1, -0.05) is 6.07 Å². The summed E-state index contributed by atoms with van der Waals surface area (Å²) in [5.74, 6) is -0.295. The first-order valence-corrected chi connectivity index (χ1v) is 5.98. The Hall–Kier alpha value is -1.07. The maximum Gasteiger partial charge on any atom is 0.306 e. The van der Waals surface area contributed by atoms with Crippen LogP contribution in [0.25, 0.3) is 0 Å². The number of anilines is 1. The quantitative estimate of drug-likeness (QED) is 0.670. The van der Waals surface area contributed by atoms with E-state index >= 15 is 0 Å². The van der Waals surface area contributed by atoms with E-state index in [0.717, 1.165) is 10.0 Å². The maximum absolute atomic E-state index is 11.3. The van der Waals surface area contributed by atoms with Crippen molar-refractivity contribution in [3.63, 3.8) is 0 Å². The topological polar surface area (TPSA) is 61.5 Å². The number of methoxy groups -OCH3 is 2. The molecular weight excluding hydrogens is 286 g/mol. The van der Waals surface area contributed by atoms with Crippen LogP contribution in [-0.4, -0.2) is 26.8 Å². The van der Waals surface area contributed by atoms with Crippen LogP contribution in [0.1, 0.15) is 17.9 Å². The molecule has 2 N–H and O–H groups in total. The number of nitrogen functional groups attached to an aromatic ring is 1. The summed E-state index contributed by atoms with van der Waals surface area (Å²) in [6, 6.07) is 5.63. The van der Waals surface area contributed by atoms with Gasteiger partial charge in [0.15, 0.2) is 0 Å². The van der Waals surface area contributed by atoms with Gasteiger partial charge in [-0.25, -0.2) is 0 Å². The number of ether oxygens (including phenoxy) is 2. The second-order valence-electron chi connectivity index (χ2n) is 3.71. The van der Waals surface area contributed by atoms with Crippen molar-refractivity contribution in [2.75, 3.05) is 26.6 Å². The van der Waals surface area contributed by atoms with E-state index in [1.54, 1.807) is 7.11 Å². The van der Waals surface area contributed by atoms with Crippen molar-refractivity contribution in [2.45, 2.75) is 12.3 Å². The molecular formula is C12H16BrNO3. The number of halogens is 1. The highest BCUT2D eigenvalue weighted by Gasteiger charge is 2.17. The van der Waals surface area contributed by atoms with Crippen LogP contribution in [0.3, 0.4) is 0 Å². The predicted octanol–water partition coefficient (Wildman–Crippen LogP) is 2.32. The summed E-state index contributed by atoms with van der Waals surface area (Å²) in [6.07, 6.45) is 0.283. The third-order valence-corrected chi connectivity index (χ3v) is 3.22. The summed E-state index contributed by atoms with van der Waals surface area (Å²) in [5, 5.41) is 0. The molecule has 0 amide bonds. The van der Waals surface area contributed by atoms with E-state index in [0.29, 0.717) is 12.3 Å².